The van der Waals surface area contributed by atoms with Crippen molar-refractivity contribution in [1.29, 1.82) is 0 Å². The second kappa shape index (κ2) is 8.57. The van der Waals surface area contributed by atoms with Crippen molar-refractivity contribution in [3.05, 3.63) is 11.1 Å². The van der Waals surface area contributed by atoms with Crippen LogP contribution in [0.5, 0.6) is 0 Å². The fourth-order valence-electron chi connectivity index (χ4n) is 11.5. The maximum Gasteiger partial charge on any atom is 0.302 e. The Kier molecular flexibility index (Phi) is 6.30. The van der Waals surface area contributed by atoms with Gasteiger partial charge in [0.15, 0.2) is 0 Å². The van der Waals surface area contributed by atoms with Crippen LogP contribution >= 0.6 is 0 Å². The van der Waals surface area contributed by atoms with Crippen molar-refractivity contribution in [2.24, 2.45) is 56.6 Å². The highest BCUT2D eigenvalue weighted by atomic mass is 16.5. The molecule has 0 aromatic rings. The third-order valence-corrected chi connectivity index (χ3v) is 13.5. The molecular weight excluding hydrogens is 460 g/mol. The van der Waals surface area contributed by atoms with Crippen LogP contribution in [0.1, 0.15) is 120 Å². The van der Waals surface area contributed by atoms with E-state index in [-0.39, 0.29) is 39.6 Å². The van der Waals surface area contributed by atoms with E-state index in [0.717, 1.165) is 38.5 Å². The highest BCUT2D eigenvalue weighted by Crippen LogP contribution is 2.76. The molecule has 1 amide bonds. The molecule has 5 rings (SSSR count). The average Bonchev–Trinajstić information content (AvgIpc) is 3.22. The molecule has 208 valence electrons. The molecule has 5 aliphatic carbocycles. The molecule has 0 aromatic carbocycles. The maximum absolute atomic E-state index is 13.4. The summed E-state index contributed by atoms with van der Waals surface area (Å²) in [6.07, 6.45) is 10.9. The molecule has 0 unspecified atom stereocenters. The normalized spacial score (nSPS) is 46.4. The van der Waals surface area contributed by atoms with Gasteiger partial charge in [-0.2, -0.15) is 0 Å². The second-order valence-corrected chi connectivity index (χ2v) is 15.2. The first-order valence-electron chi connectivity index (χ1n) is 15.1. The van der Waals surface area contributed by atoms with Gasteiger partial charge >= 0.3 is 5.97 Å². The molecule has 4 saturated carbocycles. The average molecular weight is 513 g/mol. The molecule has 0 saturated heterocycles. The van der Waals surface area contributed by atoms with Crippen LogP contribution in [-0.4, -0.2) is 18.0 Å². The minimum absolute atomic E-state index is 0.0154. The number of fused-ring (bicyclic) bond motifs is 7. The van der Waals surface area contributed by atoms with Crippen molar-refractivity contribution in [3.8, 4) is 0 Å². The van der Waals surface area contributed by atoms with Gasteiger partial charge in [-0.25, -0.2) is 5.84 Å². The summed E-state index contributed by atoms with van der Waals surface area (Å²) in [5.41, 5.74) is 5.87. The molecule has 0 aliphatic heterocycles. The zero-order valence-corrected chi connectivity index (χ0v) is 24.8. The largest absolute Gasteiger partial charge is 0.462 e. The summed E-state index contributed by atoms with van der Waals surface area (Å²) in [6.45, 7) is 18.7. The fraction of sp³-hybridized carbons (Fsp3) is 0.875. The molecule has 5 aliphatic rings. The van der Waals surface area contributed by atoms with Gasteiger partial charge in [0.2, 0.25) is 5.91 Å². The van der Waals surface area contributed by atoms with Gasteiger partial charge in [-0.05, 0) is 104 Å². The second-order valence-electron chi connectivity index (χ2n) is 15.2. The first kappa shape index (κ1) is 27.2. The Morgan fingerprint density at radius 3 is 2.22 bits per heavy atom. The summed E-state index contributed by atoms with van der Waals surface area (Å²) in [6, 6.07) is 0. The van der Waals surface area contributed by atoms with Crippen LogP contribution in [0.15, 0.2) is 11.1 Å². The molecule has 37 heavy (non-hydrogen) atoms. The van der Waals surface area contributed by atoms with Crippen LogP contribution in [0, 0.1) is 50.7 Å². The minimum Gasteiger partial charge on any atom is -0.462 e. The summed E-state index contributed by atoms with van der Waals surface area (Å²) in [4.78, 5) is 25.3. The number of carbonyl (C=O) groups is 2. The molecule has 0 spiro atoms. The number of hydrazine groups is 1. The smallest absolute Gasteiger partial charge is 0.302 e. The van der Waals surface area contributed by atoms with Crippen LogP contribution in [0.2, 0.25) is 0 Å². The van der Waals surface area contributed by atoms with Crippen molar-refractivity contribution >= 4 is 11.9 Å². The zero-order valence-electron chi connectivity index (χ0n) is 24.8. The quantitative estimate of drug-likeness (QED) is 0.145. The molecule has 8 atom stereocenters. The lowest BCUT2D eigenvalue weighted by atomic mass is 9.33. The van der Waals surface area contributed by atoms with E-state index in [4.69, 9.17) is 10.6 Å². The number of hydrogen-bond acceptors (Lipinski definition) is 4. The summed E-state index contributed by atoms with van der Waals surface area (Å²) < 4.78 is 5.90. The van der Waals surface area contributed by atoms with Crippen LogP contribution in [0.3, 0.4) is 0 Å². The van der Waals surface area contributed by atoms with E-state index in [2.05, 4.69) is 53.9 Å². The highest BCUT2D eigenvalue weighted by Gasteiger charge is 2.70. The number of esters is 1. The van der Waals surface area contributed by atoms with Gasteiger partial charge in [0.05, 0.1) is 5.41 Å². The predicted octanol–water partition coefficient (Wildman–Crippen LogP) is 6.71. The minimum atomic E-state index is -0.396. The zero-order chi connectivity index (χ0) is 27.2. The van der Waals surface area contributed by atoms with E-state index >= 15 is 0 Å². The highest BCUT2D eigenvalue weighted by molar-refractivity contribution is 5.87. The van der Waals surface area contributed by atoms with Crippen molar-refractivity contribution in [2.45, 2.75) is 126 Å². The van der Waals surface area contributed by atoms with Crippen LogP contribution in [0.25, 0.3) is 0 Å². The Morgan fingerprint density at radius 2 is 1.59 bits per heavy atom. The van der Waals surface area contributed by atoms with E-state index in [1.165, 1.54) is 31.3 Å². The number of hydrogen-bond donors (Lipinski definition) is 2. The van der Waals surface area contributed by atoms with E-state index in [9.17, 15) is 9.59 Å². The SMILES string of the molecule is CC(=O)O[C@H]1CC[C@]2(C)[C@H]3CC[C@@H]4C5=C(C(C)C)CC[C@]5(C(=O)NN)CC[C@@]4(C)[C@]3(C)CC[C@H]2C1(C)C. The molecular formula is C32H52N2O3. The van der Waals surface area contributed by atoms with Gasteiger partial charge in [-0.15, -0.1) is 0 Å². The Balaban J connectivity index is 1.55. The number of nitrogens with one attached hydrogen (secondary N) is 1. The van der Waals surface area contributed by atoms with Crippen LogP contribution in [-0.2, 0) is 14.3 Å². The van der Waals surface area contributed by atoms with Crippen molar-refractivity contribution < 1.29 is 14.3 Å². The summed E-state index contributed by atoms with van der Waals surface area (Å²) in [7, 11) is 0. The molecule has 0 heterocycles. The maximum atomic E-state index is 13.4. The third-order valence-electron chi connectivity index (χ3n) is 13.5. The van der Waals surface area contributed by atoms with Gasteiger partial charge in [0, 0.05) is 12.3 Å². The lowest BCUT2D eigenvalue weighted by molar-refractivity contribution is -0.232. The standard InChI is InChI=1S/C32H52N2O3/c1-19(2)21-11-16-32(27(36)34-33)18-17-30(7)22(26(21)32)9-10-24-29(6)14-13-25(37-20(3)35)28(4,5)23(29)12-15-31(24,30)8/h19,22-25H,9-18,33H2,1-8H3,(H,34,36)/t22-,23+,24-,25+,29+,30-,31-,32+/m1/s1. The van der Waals surface area contributed by atoms with Crippen molar-refractivity contribution in [1.82, 2.24) is 5.43 Å². The fourth-order valence-corrected chi connectivity index (χ4v) is 11.5. The number of nitrogens with two attached hydrogens (primary N) is 1. The molecule has 5 heteroatoms. The van der Waals surface area contributed by atoms with Gasteiger partial charge in [0.1, 0.15) is 6.10 Å². The molecule has 5 nitrogen and oxygen atoms in total. The number of carbonyl (C=O) groups excluding carboxylic acids is 2. The van der Waals surface area contributed by atoms with Gasteiger partial charge in [0.25, 0.3) is 0 Å². The number of rotatable bonds is 3. The van der Waals surface area contributed by atoms with Crippen LogP contribution < -0.4 is 11.3 Å². The Morgan fingerprint density at radius 1 is 0.892 bits per heavy atom. The first-order chi connectivity index (χ1) is 17.2. The van der Waals surface area contributed by atoms with E-state index in [1.807, 2.05) is 0 Å². The Labute approximate surface area is 225 Å². The van der Waals surface area contributed by atoms with E-state index in [0.29, 0.717) is 23.7 Å². The number of allylic oxidation sites excluding steroid dienone is 1. The van der Waals surface area contributed by atoms with E-state index in [1.54, 1.807) is 12.5 Å². The molecule has 3 N–H and O–H groups in total. The summed E-state index contributed by atoms with van der Waals surface area (Å²) in [5, 5.41) is 0. The van der Waals surface area contributed by atoms with E-state index < -0.39 is 5.41 Å². The summed E-state index contributed by atoms with van der Waals surface area (Å²) >= 11 is 0. The van der Waals surface area contributed by atoms with Crippen LogP contribution in [0.4, 0.5) is 0 Å². The van der Waals surface area contributed by atoms with Gasteiger partial charge in [-0.3, -0.25) is 15.0 Å². The Bertz CT molecular complexity index is 1020. The monoisotopic (exact) mass is 512 g/mol. The first-order valence-corrected chi connectivity index (χ1v) is 15.1. The lowest BCUT2D eigenvalue weighted by Gasteiger charge is -2.72. The van der Waals surface area contributed by atoms with Gasteiger partial charge < -0.3 is 4.74 Å². The lowest BCUT2D eigenvalue weighted by Crippen LogP contribution is -2.66. The van der Waals surface area contributed by atoms with Crippen molar-refractivity contribution in [3.63, 3.8) is 0 Å². The van der Waals surface area contributed by atoms with Gasteiger partial charge in [-0.1, -0.05) is 59.6 Å². The number of ether oxygens (including phenoxy) is 1. The molecule has 4 fully saturated rings. The summed E-state index contributed by atoms with van der Waals surface area (Å²) in [5.74, 6) is 7.86. The molecule has 0 bridgehead atoms. The molecule has 0 radical (unpaired) electrons. The molecule has 0 aromatic heterocycles. The topological polar surface area (TPSA) is 81.4 Å². The Hall–Kier alpha value is -1.36. The third kappa shape index (κ3) is 3.44. The van der Waals surface area contributed by atoms with Crippen molar-refractivity contribution in [2.75, 3.05) is 0 Å². The number of amides is 1. The predicted molar refractivity (Wildman–Crippen MR) is 147 cm³/mol.